The van der Waals surface area contributed by atoms with E-state index < -0.39 is 0 Å². The summed E-state index contributed by atoms with van der Waals surface area (Å²) in [7, 11) is 0. The first-order valence-corrected chi connectivity index (χ1v) is 10.7. The van der Waals surface area contributed by atoms with Crippen molar-refractivity contribution in [3.05, 3.63) is 56.4 Å². The van der Waals surface area contributed by atoms with E-state index in [0.717, 1.165) is 26.5 Å². The summed E-state index contributed by atoms with van der Waals surface area (Å²) in [5, 5.41) is 4.12. The number of rotatable bonds is 9. The monoisotopic (exact) mass is 415 g/mol. The first-order chi connectivity index (χ1) is 13.8. The summed E-state index contributed by atoms with van der Waals surface area (Å²) >= 11 is 1.56. The molecule has 2 aromatic heterocycles. The lowest BCUT2D eigenvalue weighted by Gasteiger charge is -2.15. The van der Waals surface area contributed by atoms with Crippen molar-refractivity contribution >= 4 is 27.2 Å². The van der Waals surface area contributed by atoms with Crippen molar-refractivity contribution in [3.8, 4) is 0 Å². The zero-order chi connectivity index (χ0) is 21.0. The Balaban J connectivity index is 1.65. The van der Waals surface area contributed by atoms with Crippen LogP contribution in [-0.4, -0.2) is 29.3 Å². The number of hydrogen-bond donors (Lipinski definition) is 2. The number of nitrogens with zero attached hydrogens (tertiary/aromatic N) is 1. The molecule has 1 atom stereocenters. The Bertz CT molecular complexity index is 1030. The van der Waals surface area contributed by atoms with Gasteiger partial charge >= 0.3 is 0 Å². The number of anilines is 1. The van der Waals surface area contributed by atoms with Crippen molar-refractivity contribution in [1.82, 2.24) is 9.97 Å². The Morgan fingerprint density at radius 2 is 2.00 bits per heavy atom. The number of aromatic nitrogens is 2. The highest BCUT2D eigenvalue weighted by molar-refractivity contribution is 7.18. The van der Waals surface area contributed by atoms with Crippen LogP contribution >= 0.6 is 11.3 Å². The molecule has 2 heterocycles. The number of aromatic amines is 1. The molecule has 29 heavy (non-hydrogen) atoms. The maximum atomic E-state index is 12.5. The maximum absolute atomic E-state index is 12.5. The van der Waals surface area contributed by atoms with Crippen molar-refractivity contribution in [2.24, 2.45) is 0 Å². The van der Waals surface area contributed by atoms with Crippen molar-refractivity contribution in [3.63, 3.8) is 0 Å². The minimum atomic E-state index is -0.134. The first kappa shape index (κ1) is 21.5. The fourth-order valence-electron chi connectivity index (χ4n) is 3.08. The van der Waals surface area contributed by atoms with Gasteiger partial charge in [0.25, 0.3) is 5.56 Å². The van der Waals surface area contributed by atoms with Crippen LogP contribution < -0.4 is 10.9 Å². The molecule has 0 saturated carbocycles. The molecule has 3 aromatic rings. The fraction of sp³-hybridized carbons (Fsp3) is 0.455. The van der Waals surface area contributed by atoms with E-state index in [0.29, 0.717) is 31.0 Å². The van der Waals surface area contributed by atoms with E-state index >= 15 is 0 Å². The van der Waals surface area contributed by atoms with Gasteiger partial charge in [-0.3, -0.25) is 4.79 Å². The van der Waals surface area contributed by atoms with Gasteiger partial charge in [-0.1, -0.05) is 12.1 Å². The van der Waals surface area contributed by atoms with Gasteiger partial charge in [0, 0.05) is 10.6 Å². The summed E-state index contributed by atoms with van der Waals surface area (Å²) in [6.45, 7) is 11.7. The fourth-order valence-corrected chi connectivity index (χ4v) is 4.12. The summed E-state index contributed by atoms with van der Waals surface area (Å²) in [5.41, 5.74) is 2.97. The van der Waals surface area contributed by atoms with Crippen LogP contribution in [0.2, 0.25) is 0 Å². The van der Waals surface area contributed by atoms with Crippen LogP contribution in [0, 0.1) is 13.8 Å². The molecule has 0 aliphatic rings. The van der Waals surface area contributed by atoms with Gasteiger partial charge in [-0.15, -0.1) is 11.3 Å². The largest absolute Gasteiger partial charge is 0.376 e. The number of fused-ring (bicyclic) bond motifs is 1. The Labute approximate surface area is 175 Å². The minimum Gasteiger partial charge on any atom is -0.376 e. The molecule has 6 nitrogen and oxygen atoms in total. The smallest absolute Gasteiger partial charge is 0.259 e. The molecule has 7 heteroatoms. The van der Waals surface area contributed by atoms with E-state index in [4.69, 9.17) is 9.47 Å². The van der Waals surface area contributed by atoms with E-state index in [2.05, 4.69) is 21.4 Å². The molecular formula is C22H29N3O3S. The highest BCUT2D eigenvalue weighted by atomic mass is 32.1. The second-order valence-corrected chi connectivity index (χ2v) is 8.66. The first-order valence-electron chi connectivity index (χ1n) is 9.90. The third-order valence-corrected chi connectivity index (χ3v) is 5.83. The van der Waals surface area contributed by atoms with Gasteiger partial charge in [0.1, 0.15) is 10.7 Å². The Morgan fingerprint density at radius 3 is 2.76 bits per heavy atom. The highest BCUT2D eigenvalue weighted by Gasteiger charge is 2.15. The van der Waals surface area contributed by atoms with Crippen LogP contribution in [0.5, 0.6) is 0 Å². The normalized spacial score (nSPS) is 12.6. The molecule has 3 rings (SSSR count). The molecule has 2 N–H and O–H groups in total. The number of nitrogens with one attached hydrogen (secondary N) is 2. The van der Waals surface area contributed by atoms with E-state index in [-0.39, 0.29) is 17.7 Å². The number of aryl methyl sites for hydroxylation is 2. The van der Waals surface area contributed by atoms with Gasteiger partial charge < -0.3 is 19.8 Å². The van der Waals surface area contributed by atoms with E-state index in [1.165, 1.54) is 0 Å². The summed E-state index contributed by atoms with van der Waals surface area (Å²) in [5.74, 6) is 0.635. The molecule has 0 bridgehead atoms. The maximum Gasteiger partial charge on any atom is 0.259 e. The topological polar surface area (TPSA) is 76.2 Å². The molecular weight excluding hydrogens is 386 g/mol. The summed E-state index contributed by atoms with van der Waals surface area (Å²) in [6, 6.07) is 7.94. The second kappa shape index (κ2) is 9.52. The number of H-pyrrole nitrogens is 1. The molecule has 0 aliphatic carbocycles. The minimum absolute atomic E-state index is 0.0775. The van der Waals surface area contributed by atoms with Gasteiger partial charge in [-0.05, 0) is 57.9 Å². The summed E-state index contributed by atoms with van der Waals surface area (Å²) in [4.78, 5) is 22.0. The molecule has 0 amide bonds. The molecule has 1 unspecified atom stereocenters. The summed E-state index contributed by atoms with van der Waals surface area (Å²) in [6.07, 6.45) is 0.217. The van der Waals surface area contributed by atoms with Crippen molar-refractivity contribution in [1.29, 1.82) is 0 Å². The second-order valence-electron chi connectivity index (χ2n) is 7.45. The molecule has 0 radical (unpaired) electrons. The van der Waals surface area contributed by atoms with Crippen LogP contribution in [-0.2, 0) is 16.1 Å². The Kier molecular flexibility index (Phi) is 7.05. The molecule has 156 valence electrons. The Hall–Kier alpha value is -2.22. The molecule has 0 aliphatic heterocycles. The third kappa shape index (κ3) is 5.44. The van der Waals surface area contributed by atoms with Crippen LogP contribution in [0.4, 0.5) is 5.69 Å². The summed E-state index contributed by atoms with van der Waals surface area (Å²) < 4.78 is 11.2. The molecule has 0 saturated heterocycles. The van der Waals surface area contributed by atoms with Gasteiger partial charge in [-0.2, -0.15) is 0 Å². The van der Waals surface area contributed by atoms with Crippen molar-refractivity contribution in [2.45, 2.75) is 53.4 Å². The SMILES string of the molecule is Cc1sc2nc(C(C)Nc3cccc(COCCOC(C)C)c3)[nH]c(=O)c2c1C. The van der Waals surface area contributed by atoms with Gasteiger partial charge in [0.2, 0.25) is 0 Å². The van der Waals surface area contributed by atoms with Gasteiger partial charge in [0.05, 0.1) is 37.4 Å². The lowest BCUT2D eigenvalue weighted by molar-refractivity contribution is 0.0143. The average Bonchev–Trinajstić information content (AvgIpc) is 2.96. The van der Waals surface area contributed by atoms with Crippen molar-refractivity contribution < 1.29 is 9.47 Å². The van der Waals surface area contributed by atoms with E-state index in [1.807, 2.05) is 52.8 Å². The third-order valence-electron chi connectivity index (χ3n) is 4.73. The quantitative estimate of drug-likeness (QED) is 0.495. The number of thiophene rings is 1. The van der Waals surface area contributed by atoms with Crippen LogP contribution in [0.1, 0.15) is 48.6 Å². The lowest BCUT2D eigenvalue weighted by atomic mass is 10.2. The van der Waals surface area contributed by atoms with E-state index in [1.54, 1.807) is 11.3 Å². The molecule has 1 aromatic carbocycles. The number of benzene rings is 1. The zero-order valence-corrected chi connectivity index (χ0v) is 18.5. The molecule has 0 spiro atoms. The number of ether oxygens (including phenoxy) is 2. The highest BCUT2D eigenvalue weighted by Crippen LogP contribution is 2.27. The van der Waals surface area contributed by atoms with Gasteiger partial charge in [-0.25, -0.2) is 4.98 Å². The standard InChI is InChI=1S/C22H29N3O3S/c1-13(2)28-10-9-27-12-17-7-6-8-18(11-17)23-15(4)20-24-21(26)19-14(3)16(5)29-22(19)25-20/h6-8,11,13,15,23H,9-10,12H2,1-5H3,(H,24,25,26). The molecule has 0 fully saturated rings. The Morgan fingerprint density at radius 1 is 1.21 bits per heavy atom. The predicted molar refractivity (Wildman–Crippen MR) is 119 cm³/mol. The van der Waals surface area contributed by atoms with Crippen LogP contribution in [0.25, 0.3) is 10.2 Å². The lowest BCUT2D eigenvalue weighted by Crippen LogP contribution is -2.17. The average molecular weight is 416 g/mol. The van der Waals surface area contributed by atoms with E-state index in [9.17, 15) is 4.79 Å². The zero-order valence-electron chi connectivity index (χ0n) is 17.7. The number of hydrogen-bond acceptors (Lipinski definition) is 6. The van der Waals surface area contributed by atoms with Crippen LogP contribution in [0.15, 0.2) is 29.1 Å². The van der Waals surface area contributed by atoms with Crippen LogP contribution in [0.3, 0.4) is 0 Å². The predicted octanol–water partition coefficient (Wildman–Crippen LogP) is 4.72. The van der Waals surface area contributed by atoms with Gasteiger partial charge in [0.15, 0.2) is 0 Å². The van der Waals surface area contributed by atoms with Crippen molar-refractivity contribution in [2.75, 3.05) is 18.5 Å².